The van der Waals surface area contributed by atoms with E-state index in [1.165, 1.54) is 31.0 Å². The SMILES string of the molecule is CC1CCNC(=O)COc2ccc(F)cc2C(=O)N2CCCC[C@H]2C2=NN3C1=CC(C1CC1)=NC3C2. The second-order valence-corrected chi connectivity index (χ2v) is 10.5. The molecule has 2 bridgehead atoms. The van der Waals surface area contributed by atoms with Gasteiger partial charge in [0.2, 0.25) is 0 Å². The van der Waals surface area contributed by atoms with Crippen molar-refractivity contribution < 1.29 is 18.7 Å². The average Bonchev–Trinajstić information content (AvgIpc) is 3.65. The highest BCUT2D eigenvalue weighted by atomic mass is 19.1. The number of benzene rings is 1. The van der Waals surface area contributed by atoms with Crippen LogP contribution in [-0.4, -0.2) is 65.1 Å². The lowest BCUT2D eigenvalue weighted by atomic mass is 9.94. The van der Waals surface area contributed by atoms with Crippen LogP contribution in [-0.2, 0) is 4.79 Å². The number of aliphatic imine (C=N–C) groups is 1. The van der Waals surface area contributed by atoms with Crippen LogP contribution < -0.4 is 10.1 Å². The smallest absolute Gasteiger partial charge is 0.258 e. The van der Waals surface area contributed by atoms with E-state index >= 15 is 0 Å². The Bertz CT molecular complexity index is 1170. The number of fused-ring (bicyclic) bond motifs is 3. The monoisotopic (exact) mass is 493 g/mol. The summed E-state index contributed by atoms with van der Waals surface area (Å²) < 4.78 is 19.9. The van der Waals surface area contributed by atoms with Gasteiger partial charge in [0.05, 0.1) is 17.3 Å². The van der Waals surface area contributed by atoms with Crippen molar-refractivity contribution in [3.05, 3.63) is 41.4 Å². The van der Waals surface area contributed by atoms with Crippen LogP contribution in [0.2, 0.25) is 0 Å². The Morgan fingerprint density at radius 2 is 2.00 bits per heavy atom. The average molecular weight is 494 g/mol. The lowest BCUT2D eigenvalue weighted by molar-refractivity contribution is -0.123. The fourth-order valence-electron chi connectivity index (χ4n) is 5.69. The predicted octanol–water partition coefficient (Wildman–Crippen LogP) is 3.49. The zero-order chi connectivity index (χ0) is 24.8. The van der Waals surface area contributed by atoms with E-state index in [2.05, 4.69) is 18.3 Å². The topological polar surface area (TPSA) is 86.6 Å². The molecule has 3 atom stereocenters. The Morgan fingerprint density at radius 3 is 2.83 bits per heavy atom. The first-order chi connectivity index (χ1) is 17.5. The second-order valence-electron chi connectivity index (χ2n) is 10.5. The quantitative estimate of drug-likeness (QED) is 0.649. The molecule has 1 aliphatic carbocycles. The molecule has 0 spiro atoms. The molecule has 6 rings (SSSR count). The van der Waals surface area contributed by atoms with Crippen LogP contribution in [0.3, 0.4) is 0 Å². The number of hydrogen-bond acceptors (Lipinski definition) is 6. The molecule has 36 heavy (non-hydrogen) atoms. The summed E-state index contributed by atoms with van der Waals surface area (Å²) in [4.78, 5) is 33.1. The van der Waals surface area contributed by atoms with Gasteiger partial charge in [-0.3, -0.25) is 14.6 Å². The van der Waals surface area contributed by atoms with E-state index in [4.69, 9.17) is 14.8 Å². The molecular weight excluding hydrogens is 461 g/mol. The Morgan fingerprint density at radius 1 is 1.14 bits per heavy atom. The molecule has 2 unspecified atom stereocenters. The molecule has 1 saturated heterocycles. The van der Waals surface area contributed by atoms with Crippen molar-refractivity contribution >= 4 is 23.2 Å². The largest absolute Gasteiger partial charge is 0.483 e. The summed E-state index contributed by atoms with van der Waals surface area (Å²) in [6, 6.07) is 3.72. The van der Waals surface area contributed by atoms with Gasteiger partial charge < -0.3 is 15.0 Å². The minimum absolute atomic E-state index is 0.0877. The van der Waals surface area contributed by atoms with Crippen molar-refractivity contribution in [3.63, 3.8) is 0 Å². The second kappa shape index (κ2) is 9.33. The third-order valence-corrected chi connectivity index (χ3v) is 7.85. The molecule has 2 fully saturated rings. The molecule has 5 aliphatic rings. The van der Waals surface area contributed by atoms with E-state index in [9.17, 15) is 14.0 Å². The van der Waals surface area contributed by atoms with E-state index in [1.54, 1.807) is 0 Å². The highest BCUT2D eigenvalue weighted by Gasteiger charge is 2.42. The maximum Gasteiger partial charge on any atom is 0.258 e. The summed E-state index contributed by atoms with van der Waals surface area (Å²) in [5.74, 6) is -0.147. The van der Waals surface area contributed by atoms with Crippen LogP contribution in [0.4, 0.5) is 4.39 Å². The van der Waals surface area contributed by atoms with Crippen molar-refractivity contribution in [1.82, 2.24) is 15.2 Å². The van der Waals surface area contributed by atoms with Crippen LogP contribution in [0.25, 0.3) is 0 Å². The first kappa shape index (κ1) is 23.2. The molecule has 4 aliphatic heterocycles. The molecular formula is C27H32FN5O3. The summed E-state index contributed by atoms with van der Waals surface area (Å²) in [5.41, 5.74) is 3.39. The van der Waals surface area contributed by atoms with Gasteiger partial charge in [-0.15, -0.1) is 0 Å². The minimum Gasteiger partial charge on any atom is -0.483 e. The number of carbonyl (C=O) groups excluding carboxylic acids is 2. The zero-order valence-corrected chi connectivity index (χ0v) is 20.6. The molecule has 4 heterocycles. The number of amides is 2. The van der Waals surface area contributed by atoms with Crippen molar-refractivity contribution in [2.24, 2.45) is 21.9 Å². The Kier molecular flexibility index (Phi) is 6.01. The number of carbonyl (C=O) groups is 2. The van der Waals surface area contributed by atoms with Crippen LogP contribution in [0.1, 0.15) is 62.2 Å². The number of hydrogen-bond donors (Lipinski definition) is 1. The van der Waals surface area contributed by atoms with Gasteiger partial charge in [-0.2, -0.15) is 5.10 Å². The maximum absolute atomic E-state index is 14.2. The summed E-state index contributed by atoms with van der Waals surface area (Å²) in [6.07, 6.45) is 8.59. The van der Waals surface area contributed by atoms with Crippen molar-refractivity contribution in [2.45, 2.75) is 64.1 Å². The van der Waals surface area contributed by atoms with E-state index in [-0.39, 0.29) is 47.9 Å². The van der Waals surface area contributed by atoms with Crippen molar-refractivity contribution in [3.8, 4) is 5.75 Å². The molecule has 0 aromatic heterocycles. The summed E-state index contributed by atoms with van der Waals surface area (Å²) >= 11 is 0. The number of allylic oxidation sites excluding steroid dienone is 2. The lowest BCUT2D eigenvalue weighted by Crippen LogP contribution is -2.48. The van der Waals surface area contributed by atoms with E-state index in [0.717, 1.165) is 42.8 Å². The molecule has 1 aromatic rings. The molecule has 8 nitrogen and oxygen atoms in total. The van der Waals surface area contributed by atoms with Crippen LogP contribution in [0, 0.1) is 17.7 Å². The molecule has 0 radical (unpaired) electrons. The summed E-state index contributed by atoms with van der Waals surface area (Å²) in [5, 5.41) is 10.0. The fourth-order valence-corrected chi connectivity index (χ4v) is 5.69. The standard InChI is InChI=1S/C27H32FN5O3/c1-16-9-10-29-26(34)15-36-24-8-7-18(28)12-19(24)27(35)32-11-3-2-4-22(32)21-14-25-30-20(17-5-6-17)13-23(16)33(25)31-21/h7-8,12-13,16-17,22,25H,2-6,9-11,14-15H2,1H3,(H,29,34)/t16?,22-,25?/m0/s1. The third kappa shape index (κ3) is 4.40. The van der Waals surface area contributed by atoms with Gasteiger partial charge in [0.25, 0.3) is 11.8 Å². The highest BCUT2D eigenvalue weighted by Crippen LogP contribution is 2.39. The Hall–Kier alpha value is -3.23. The number of piperidine rings is 1. The van der Waals surface area contributed by atoms with Gasteiger partial charge in [0, 0.05) is 36.8 Å². The van der Waals surface area contributed by atoms with Crippen molar-refractivity contribution in [2.75, 3.05) is 19.7 Å². The Labute approximate surface area is 210 Å². The number of nitrogens with one attached hydrogen (secondary N) is 1. The number of ether oxygens (including phenoxy) is 1. The zero-order valence-electron chi connectivity index (χ0n) is 20.6. The van der Waals surface area contributed by atoms with Crippen LogP contribution >= 0.6 is 0 Å². The third-order valence-electron chi connectivity index (χ3n) is 7.85. The van der Waals surface area contributed by atoms with E-state index < -0.39 is 5.82 Å². The maximum atomic E-state index is 14.2. The molecule has 190 valence electrons. The number of nitrogens with zero attached hydrogens (tertiary/aromatic N) is 4. The predicted molar refractivity (Wildman–Crippen MR) is 133 cm³/mol. The molecule has 9 heteroatoms. The summed E-state index contributed by atoms with van der Waals surface area (Å²) in [7, 11) is 0. The van der Waals surface area contributed by atoms with Gasteiger partial charge in [0.1, 0.15) is 17.7 Å². The fraction of sp³-hybridized carbons (Fsp3) is 0.556. The van der Waals surface area contributed by atoms with Crippen molar-refractivity contribution in [1.29, 1.82) is 0 Å². The van der Waals surface area contributed by atoms with Crippen LogP contribution in [0.5, 0.6) is 5.75 Å². The number of hydrazone groups is 1. The lowest BCUT2D eigenvalue weighted by Gasteiger charge is -2.36. The van der Waals surface area contributed by atoms with Gasteiger partial charge in [-0.1, -0.05) is 6.92 Å². The Balaban J connectivity index is 1.39. The summed E-state index contributed by atoms with van der Waals surface area (Å²) in [6.45, 7) is 3.00. The van der Waals surface area contributed by atoms with Gasteiger partial charge in [0.15, 0.2) is 6.61 Å². The van der Waals surface area contributed by atoms with Gasteiger partial charge in [-0.05, 0) is 68.7 Å². The molecule has 2 amide bonds. The number of rotatable bonds is 1. The molecule has 1 aromatic carbocycles. The minimum atomic E-state index is -0.515. The first-order valence-electron chi connectivity index (χ1n) is 13.1. The normalized spacial score (nSPS) is 28.8. The molecule has 1 N–H and O–H groups in total. The number of halogens is 1. The first-order valence-corrected chi connectivity index (χ1v) is 13.1. The van der Waals surface area contributed by atoms with Gasteiger partial charge >= 0.3 is 0 Å². The highest BCUT2D eigenvalue weighted by molar-refractivity contribution is 6.03. The van der Waals surface area contributed by atoms with E-state index in [1.807, 2.05) is 9.91 Å². The van der Waals surface area contributed by atoms with E-state index in [0.29, 0.717) is 25.4 Å². The molecule has 1 saturated carbocycles. The van der Waals surface area contributed by atoms with Gasteiger partial charge in [-0.25, -0.2) is 9.40 Å². The van der Waals surface area contributed by atoms with Crippen LogP contribution in [0.15, 0.2) is 40.1 Å².